The third-order valence-corrected chi connectivity index (χ3v) is 3.98. The van der Waals surface area contributed by atoms with E-state index in [1.165, 1.54) is 18.1 Å². The van der Waals surface area contributed by atoms with Gasteiger partial charge in [0.15, 0.2) is 0 Å². The molecule has 0 aliphatic rings. The summed E-state index contributed by atoms with van der Waals surface area (Å²) in [6.07, 6.45) is 0. The Bertz CT molecular complexity index is 610. The largest absolute Gasteiger partial charge is 0.326 e. The van der Waals surface area contributed by atoms with E-state index in [1.54, 1.807) is 0 Å². The Hall–Kier alpha value is -1.65. The lowest BCUT2D eigenvalue weighted by atomic mass is 10.1. The molecule has 0 unspecified atom stereocenters. The molecule has 3 nitrogen and oxygen atoms in total. The summed E-state index contributed by atoms with van der Waals surface area (Å²) in [4.78, 5) is 11.0. The highest BCUT2D eigenvalue weighted by atomic mass is 79.9. The maximum Gasteiger partial charge on any atom is 0.221 e. The predicted molar refractivity (Wildman–Crippen MR) is 90.1 cm³/mol. The van der Waals surface area contributed by atoms with Crippen molar-refractivity contribution in [1.82, 2.24) is 5.32 Å². The van der Waals surface area contributed by atoms with Crippen LogP contribution in [0.15, 0.2) is 53.0 Å². The van der Waals surface area contributed by atoms with Crippen molar-refractivity contribution in [3.63, 3.8) is 0 Å². The Kier molecular flexibility index (Phi) is 5.53. The van der Waals surface area contributed by atoms with Gasteiger partial charge in [-0.05, 0) is 36.2 Å². The zero-order valence-corrected chi connectivity index (χ0v) is 13.8. The lowest BCUT2D eigenvalue weighted by molar-refractivity contribution is -0.114. The molecule has 2 aromatic carbocycles. The van der Waals surface area contributed by atoms with Gasteiger partial charge in [-0.3, -0.25) is 4.79 Å². The summed E-state index contributed by atoms with van der Waals surface area (Å²) in [5.74, 6) is -0.0524. The van der Waals surface area contributed by atoms with Crippen LogP contribution in [0.5, 0.6) is 0 Å². The van der Waals surface area contributed by atoms with E-state index in [9.17, 15) is 4.79 Å². The molecule has 2 N–H and O–H groups in total. The topological polar surface area (TPSA) is 41.1 Å². The van der Waals surface area contributed by atoms with Gasteiger partial charge < -0.3 is 10.6 Å². The maximum atomic E-state index is 11.0. The molecule has 1 amide bonds. The summed E-state index contributed by atoms with van der Waals surface area (Å²) < 4.78 is 1.12. The number of hydrogen-bond acceptors (Lipinski definition) is 2. The molecule has 0 heterocycles. The van der Waals surface area contributed by atoms with Gasteiger partial charge in [0.1, 0.15) is 0 Å². The first-order chi connectivity index (χ1) is 10.1. The minimum absolute atomic E-state index is 0.0524. The normalized spacial score (nSPS) is 12.0. The number of carbonyl (C=O) groups excluding carboxylic acids is 1. The molecule has 0 spiro atoms. The second-order valence-electron chi connectivity index (χ2n) is 5.00. The van der Waals surface area contributed by atoms with Gasteiger partial charge in [-0.25, -0.2) is 0 Å². The summed E-state index contributed by atoms with van der Waals surface area (Å²) in [5.41, 5.74) is 3.25. The van der Waals surface area contributed by atoms with Gasteiger partial charge in [0.2, 0.25) is 5.91 Å². The Morgan fingerprint density at radius 2 is 1.81 bits per heavy atom. The van der Waals surface area contributed by atoms with Crippen LogP contribution in [0.3, 0.4) is 0 Å². The number of hydrogen-bond donors (Lipinski definition) is 2. The Morgan fingerprint density at radius 3 is 2.43 bits per heavy atom. The van der Waals surface area contributed by atoms with Crippen LogP contribution in [0.1, 0.15) is 31.0 Å². The molecular formula is C17H19BrN2O. The molecule has 0 radical (unpaired) electrons. The first kappa shape index (κ1) is 15.7. The molecule has 0 aromatic heterocycles. The highest BCUT2D eigenvalue weighted by Gasteiger charge is 2.07. The first-order valence-corrected chi connectivity index (χ1v) is 7.70. The monoisotopic (exact) mass is 346 g/mol. The van der Waals surface area contributed by atoms with E-state index in [4.69, 9.17) is 0 Å². The minimum atomic E-state index is -0.0524. The van der Waals surface area contributed by atoms with Crippen LogP contribution in [0, 0.1) is 0 Å². The number of rotatable bonds is 5. The van der Waals surface area contributed by atoms with Gasteiger partial charge in [-0.2, -0.15) is 0 Å². The molecule has 2 aromatic rings. The van der Waals surface area contributed by atoms with Crippen LogP contribution >= 0.6 is 15.9 Å². The van der Waals surface area contributed by atoms with Gasteiger partial charge >= 0.3 is 0 Å². The van der Waals surface area contributed by atoms with Crippen molar-refractivity contribution in [3.8, 4) is 0 Å². The van der Waals surface area contributed by atoms with E-state index in [2.05, 4.69) is 45.6 Å². The first-order valence-electron chi connectivity index (χ1n) is 6.90. The second kappa shape index (κ2) is 7.38. The van der Waals surface area contributed by atoms with Crippen LogP contribution < -0.4 is 10.6 Å². The summed E-state index contributed by atoms with van der Waals surface area (Å²) in [6.45, 7) is 4.43. The van der Waals surface area contributed by atoms with E-state index in [0.717, 1.165) is 16.7 Å². The summed E-state index contributed by atoms with van der Waals surface area (Å²) in [7, 11) is 0. The Morgan fingerprint density at radius 1 is 1.14 bits per heavy atom. The Labute approximate surface area is 133 Å². The van der Waals surface area contributed by atoms with Crippen molar-refractivity contribution in [2.24, 2.45) is 0 Å². The van der Waals surface area contributed by atoms with E-state index < -0.39 is 0 Å². The third kappa shape index (κ3) is 4.69. The zero-order valence-electron chi connectivity index (χ0n) is 12.2. The SMILES string of the molecule is CC(=O)Nc1ccc(CN[C@@H](C)c2ccccc2Br)cc1. The number of halogens is 1. The van der Waals surface area contributed by atoms with Crippen molar-refractivity contribution < 1.29 is 4.79 Å². The molecule has 110 valence electrons. The van der Waals surface area contributed by atoms with Crippen molar-refractivity contribution >= 4 is 27.5 Å². The fraction of sp³-hybridized carbons (Fsp3) is 0.235. The average Bonchev–Trinajstić information content (AvgIpc) is 2.46. The van der Waals surface area contributed by atoms with Crippen molar-refractivity contribution in [3.05, 3.63) is 64.1 Å². The number of benzene rings is 2. The molecule has 0 saturated carbocycles. The highest BCUT2D eigenvalue weighted by molar-refractivity contribution is 9.10. The molecule has 1 atom stereocenters. The average molecular weight is 347 g/mol. The quantitative estimate of drug-likeness (QED) is 0.849. The molecule has 4 heteroatoms. The molecule has 21 heavy (non-hydrogen) atoms. The summed E-state index contributed by atoms with van der Waals surface area (Å²) in [5, 5.41) is 6.26. The third-order valence-electron chi connectivity index (χ3n) is 3.26. The maximum absolute atomic E-state index is 11.0. The van der Waals surface area contributed by atoms with Gasteiger partial charge in [-0.1, -0.05) is 46.3 Å². The predicted octanol–water partition coefficient (Wildman–Crippen LogP) is 4.26. The smallest absolute Gasteiger partial charge is 0.221 e. The molecule has 2 rings (SSSR count). The van der Waals surface area contributed by atoms with Crippen LogP contribution in [0.2, 0.25) is 0 Å². The van der Waals surface area contributed by atoms with Crippen LogP contribution in [0.25, 0.3) is 0 Å². The van der Waals surface area contributed by atoms with Crippen molar-refractivity contribution in [1.29, 1.82) is 0 Å². The number of anilines is 1. The minimum Gasteiger partial charge on any atom is -0.326 e. The van der Waals surface area contributed by atoms with Gasteiger partial charge in [0.25, 0.3) is 0 Å². The summed E-state index contributed by atoms with van der Waals surface area (Å²) in [6, 6.07) is 16.4. The molecule has 0 aliphatic heterocycles. The molecule has 0 aliphatic carbocycles. The van der Waals surface area contributed by atoms with E-state index in [0.29, 0.717) is 0 Å². The van der Waals surface area contributed by atoms with Crippen LogP contribution in [-0.2, 0) is 11.3 Å². The number of nitrogens with one attached hydrogen (secondary N) is 2. The van der Waals surface area contributed by atoms with Crippen LogP contribution in [-0.4, -0.2) is 5.91 Å². The van der Waals surface area contributed by atoms with E-state index in [1.807, 2.05) is 36.4 Å². The molecular weight excluding hydrogens is 328 g/mol. The summed E-state index contributed by atoms with van der Waals surface area (Å²) >= 11 is 3.58. The fourth-order valence-electron chi connectivity index (χ4n) is 2.12. The number of amides is 1. The number of carbonyl (C=O) groups is 1. The van der Waals surface area contributed by atoms with E-state index >= 15 is 0 Å². The van der Waals surface area contributed by atoms with E-state index in [-0.39, 0.29) is 11.9 Å². The zero-order chi connectivity index (χ0) is 15.2. The van der Waals surface area contributed by atoms with Gasteiger partial charge in [0.05, 0.1) is 0 Å². The standard InChI is InChI=1S/C17H19BrN2O/c1-12(16-5-3-4-6-17(16)18)19-11-14-7-9-15(10-8-14)20-13(2)21/h3-10,12,19H,11H2,1-2H3,(H,20,21)/t12-/m0/s1. The molecule has 0 bridgehead atoms. The highest BCUT2D eigenvalue weighted by Crippen LogP contribution is 2.23. The lowest BCUT2D eigenvalue weighted by Crippen LogP contribution is -2.18. The Balaban J connectivity index is 1.94. The van der Waals surface area contributed by atoms with Gasteiger partial charge in [-0.15, -0.1) is 0 Å². The molecule has 0 fully saturated rings. The molecule has 0 saturated heterocycles. The second-order valence-corrected chi connectivity index (χ2v) is 5.86. The lowest BCUT2D eigenvalue weighted by Gasteiger charge is -2.16. The van der Waals surface area contributed by atoms with Crippen LogP contribution in [0.4, 0.5) is 5.69 Å². The fourth-order valence-corrected chi connectivity index (χ4v) is 2.74. The van der Waals surface area contributed by atoms with Crippen molar-refractivity contribution in [2.75, 3.05) is 5.32 Å². The van der Waals surface area contributed by atoms with Crippen molar-refractivity contribution in [2.45, 2.75) is 26.4 Å². The van der Waals surface area contributed by atoms with Gasteiger partial charge in [0, 0.05) is 29.7 Å².